The lowest BCUT2D eigenvalue weighted by Gasteiger charge is -2.00. The van der Waals surface area contributed by atoms with E-state index < -0.39 is 0 Å². The summed E-state index contributed by atoms with van der Waals surface area (Å²) in [6.07, 6.45) is 6.20. The molecule has 1 aliphatic carbocycles. The van der Waals surface area contributed by atoms with Crippen molar-refractivity contribution in [2.45, 2.75) is 24.2 Å². The molecular weight excluding hydrogens is 315 g/mol. The molecule has 0 radical (unpaired) electrons. The molecule has 1 aromatic carbocycles. The summed E-state index contributed by atoms with van der Waals surface area (Å²) in [6.45, 7) is 0. The Kier molecular flexibility index (Phi) is 4.32. The number of thioether (sulfide) groups is 1. The van der Waals surface area contributed by atoms with Crippen LogP contribution in [0.15, 0.2) is 55.9 Å². The first-order chi connectivity index (χ1) is 7.36. The van der Waals surface area contributed by atoms with Crippen molar-refractivity contribution in [3.05, 3.63) is 51.0 Å². The Balaban J connectivity index is 1.99. The minimum absolute atomic E-state index is 1.25. The first-order valence-electron chi connectivity index (χ1n) is 5.13. The Labute approximate surface area is 109 Å². The highest BCUT2D eigenvalue weighted by Crippen LogP contribution is 2.32. The first kappa shape index (κ1) is 11.3. The Morgan fingerprint density at radius 1 is 1.27 bits per heavy atom. The molecule has 0 atom stereocenters. The van der Waals surface area contributed by atoms with Gasteiger partial charge in [-0.3, -0.25) is 0 Å². The van der Waals surface area contributed by atoms with E-state index in [4.69, 9.17) is 0 Å². The number of rotatable bonds is 3. The van der Waals surface area contributed by atoms with Crippen molar-refractivity contribution in [2.75, 3.05) is 0 Å². The van der Waals surface area contributed by atoms with Crippen molar-refractivity contribution < 1.29 is 0 Å². The molecular formula is C13H13IS. The minimum Gasteiger partial charge on any atom is -0.0970 e. The summed E-state index contributed by atoms with van der Waals surface area (Å²) < 4.78 is 1.40. The van der Waals surface area contributed by atoms with Crippen LogP contribution in [-0.2, 0) is 0 Å². The third-order valence-corrected chi connectivity index (χ3v) is 4.71. The molecule has 0 unspecified atom stereocenters. The number of hydrogen-bond acceptors (Lipinski definition) is 1. The average Bonchev–Trinajstić information content (AvgIpc) is 2.81. The molecule has 0 aromatic heterocycles. The lowest BCUT2D eigenvalue weighted by atomic mass is 10.2. The number of benzene rings is 1. The van der Waals surface area contributed by atoms with Gasteiger partial charge in [0.1, 0.15) is 0 Å². The van der Waals surface area contributed by atoms with Gasteiger partial charge in [-0.05, 0) is 65.0 Å². The van der Waals surface area contributed by atoms with Gasteiger partial charge in [0.05, 0.1) is 0 Å². The topological polar surface area (TPSA) is 0 Å². The van der Waals surface area contributed by atoms with Crippen LogP contribution in [0.3, 0.4) is 0 Å². The van der Waals surface area contributed by atoms with E-state index in [1.54, 1.807) is 11.8 Å². The average molecular weight is 328 g/mol. The van der Waals surface area contributed by atoms with Crippen LogP contribution in [-0.4, -0.2) is 0 Å². The molecule has 0 saturated heterocycles. The van der Waals surface area contributed by atoms with Crippen molar-refractivity contribution in [3.8, 4) is 0 Å². The maximum atomic E-state index is 2.44. The van der Waals surface area contributed by atoms with E-state index in [1.807, 2.05) is 0 Å². The number of hydrogen-bond donors (Lipinski definition) is 0. The van der Waals surface area contributed by atoms with Crippen molar-refractivity contribution in [1.29, 1.82) is 0 Å². The molecule has 0 spiro atoms. The molecule has 0 N–H and O–H groups in total. The first-order valence-corrected chi connectivity index (χ1v) is 7.09. The molecule has 2 rings (SSSR count). The summed E-state index contributed by atoms with van der Waals surface area (Å²) in [7, 11) is 0. The fraction of sp³-hybridized carbons (Fsp3) is 0.231. The summed E-state index contributed by atoms with van der Waals surface area (Å²) in [6, 6.07) is 10.5. The second kappa shape index (κ2) is 5.75. The van der Waals surface area contributed by atoms with Gasteiger partial charge in [0, 0.05) is 8.48 Å². The predicted octanol–water partition coefficient (Wildman–Crippen LogP) is 5.17. The van der Waals surface area contributed by atoms with E-state index in [1.165, 1.54) is 33.3 Å². The summed E-state index contributed by atoms with van der Waals surface area (Å²) in [4.78, 5) is 1.31. The van der Waals surface area contributed by atoms with Crippen molar-refractivity contribution >= 4 is 34.4 Å². The van der Waals surface area contributed by atoms with Gasteiger partial charge >= 0.3 is 0 Å². The highest BCUT2D eigenvalue weighted by molar-refractivity contribution is 14.1. The van der Waals surface area contributed by atoms with E-state index >= 15 is 0 Å². The smallest absolute Gasteiger partial charge is 0.0225 e. The summed E-state index contributed by atoms with van der Waals surface area (Å²) >= 11 is 4.25. The van der Waals surface area contributed by atoms with E-state index in [9.17, 15) is 0 Å². The molecule has 0 amide bonds. The standard InChI is InChI=1S/C13H13IS/c14-13(11-6-4-5-7-11)10-15-12-8-2-1-3-9-12/h1-3,6,8-10H,4-5,7H2/b13-10-. The summed E-state index contributed by atoms with van der Waals surface area (Å²) in [5.41, 5.74) is 1.53. The predicted molar refractivity (Wildman–Crippen MR) is 76.3 cm³/mol. The minimum atomic E-state index is 1.25. The van der Waals surface area contributed by atoms with Gasteiger partial charge in [-0.2, -0.15) is 0 Å². The molecule has 1 aliphatic rings. The number of allylic oxidation sites excluding steroid dienone is 3. The van der Waals surface area contributed by atoms with Gasteiger partial charge in [-0.25, -0.2) is 0 Å². The molecule has 0 aliphatic heterocycles. The Hall–Kier alpha value is -0.220. The van der Waals surface area contributed by atoms with E-state index in [-0.39, 0.29) is 0 Å². The van der Waals surface area contributed by atoms with E-state index in [0.717, 1.165) is 0 Å². The fourth-order valence-electron chi connectivity index (χ4n) is 1.58. The Morgan fingerprint density at radius 2 is 2.07 bits per heavy atom. The maximum Gasteiger partial charge on any atom is 0.0225 e. The van der Waals surface area contributed by atoms with Gasteiger partial charge in [0.25, 0.3) is 0 Å². The van der Waals surface area contributed by atoms with Crippen LogP contribution in [0.1, 0.15) is 19.3 Å². The molecule has 0 bridgehead atoms. The molecule has 0 fully saturated rings. The van der Waals surface area contributed by atoms with Crippen LogP contribution >= 0.6 is 34.4 Å². The van der Waals surface area contributed by atoms with Gasteiger partial charge in [0.15, 0.2) is 0 Å². The normalized spacial score (nSPS) is 16.6. The molecule has 15 heavy (non-hydrogen) atoms. The summed E-state index contributed by atoms with van der Waals surface area (Å²) in [5.74, 6) is 0. The Morgan fingerprint density at radius 3 is 2.73 bits per heavy atom. The van der Waals surface area contributed by atoms with Crippen LogP contribution in [0.2, 0.25) is 0 Å². The quantitative estimate of drug-likeness (QED) is 0.545. The zero-order valence-electron chi connectivity index (χ0n) is 8.45. The summed E-state index contributed by atoms with van der Waals surface area (Å²) in [5, 5.41) is 2.26. The zero-order valence-corrected chi connectivity index (χ0v) is 11.4. The monoisotopic (exact) mass is 328 g/mol. The van der Waals surface area contributed by atoms with Crippen molar-refractivity contribution in [2.24, 2.45) is 0 Å². The second-order valence-electron chi connectivity index (χ2n) is 3.52. The SMILES string of the molecule is I/C(=C\Sc1ccccc1)C1=CCCC1. The van der Waals surface area contributed by atoms with Gasteiger partial charge in [-0.1, -0.05) is 36.0 Å². The molecule has 2 heteroatoms. The van der Waals surface area contributed by atoms with E-state index in [2.05, 4.69) is 64.4 Å². The Bertz CT molecular complexity index is 379. The number of halogens is 1. The fourth-order valence-corrected chi connectivity index (χ4v) is 3.16. The van der Waals surface area contributed by atoms with Crippen LogP contribution in [0.25, 0.3) is 0 Å². The third-order valence-electron chi connectivity index (χ3n) is 2.39. The lowest BCUT2D eigenvalue weighted by Crippen LogP contribution is -1.75. The van der Waals surface area contributed by atoms with Crippen LogP contribution < -0.4 is 0 Å². The maximum absolute atomic E-state index is 2.44. The van der Waals surface area contributed by atoms with Gasteiger partial charge in [-0.15, -0.1) is 0 Å². The van der Waals surface area contributed by atoms with Crippen LogP contribution in [0, 0.1) is 0 Å². The zero-order chi connectivity index (χ0) is 10.5. The molecule has 0 saturated carbocycles. The largest absolute Gasteiger partial charge is 0.0970 e. The van der Waals surface area contributed by atoms with Crippen molar-refractivity contribution in [1.82, 2.24) is 0 Å². The molecule has 0 heterocycles. The van der Waals surface area contributed by atoms with Gasteiger partial charge in [0.2, 0.25) is 0 Å². The van der Waals surface area contributed by atoms with Crippen LogP contribution in [0.4, 0.5) is 0 Å². The van der Waals surface area contributed by atoms with Crippen molar-refractivity contribution in [3.63, 3.8) is 0 Å². The lowest BCUT2D eigenvalue weighted by molar-refractivity contribution is 0.916. The third kappa shape index (κ3) is 3.38. The second-order valence-corrected chi connectivity index (χ2v) is 5.62. The van der Waals surface area contributed by atoms with Crippen LogP contribution in [0.5, 0.6) is 0 Å². The highest BCUT2D eigenvalue weighted by Gasteiger charge is 2.06. The molecule has 1 aromatic rings. The van der Waals surface area contributed by atoms with E-state index in [0.29, 0.717) is 0 Å². The molecule has 78 valence electrons. The highest BCUT2D eigenvalue weighted by atomic mass is 127. The molecule has 0 nitrogen and oxygen atoms in total. The van der Waals surface area contributed by atoms with Gasteiger partial charge < -0.3 is 0 Å².